The lowest BCUT2D eigenvalue weighted by Gasteiger charge is -2.21. The Morgan fingerprint density at radius 1 is 1.38 bits per heavy atom. The van der Waals surface area contributed by atoms with Gasteiger partial charge in [0.15, 0.2) is 0 Å². The number of carbonyl (C=O) groups excluding carboxylic acids is 3. The summed E-state index contributed by atoms with van der Waals surface area (Å²) in [5.41, 5.74) is -0.626. The maximum absolute atomic E-state index is 11.4. The van der Waals surface area contributed by atoms with Crippen molar-refractivity contribution < 1.29 is 23.9 Å². The number of hydrogen-bond donors (Lipinski definition) is 1. The Balaban J connectivity index is 4.34. The lowest BCUT2D eigenvalue weighted by Crippen LogP contribution is -2.40. The van der Waals surface area contributed by atoms with Gasteiger partial charge in [0.25, 0.3) is 0 Å². The number of ether oxygens (including phenoxy) is 2. The summed E-state index contributed by atoms with van der Waals surface area (Å²) in [7, 11) is 1.18. The summed E-state index contributed by atoms with van der Waals surface area (Å²) >= 11 is 0. The van der Waals surface area contributed by atoms with Crippen molar-refractivity contribution in [3.63, 3.8) is 0 Å². The number of nitrogens with one attached hydrogen (secondary N) is 1. The Bertz CT molecular complexity index is 269. The molecule has 0 aliphatic heterocycles. The molecule has 0 saturated heterocycles. The highest BCUT2D eigenvalue weighted by atomic mass is 16.6. The van der Waals surface area contributed by atoms with Gasteiger partial charge < -0.3 is 14.8 Å². The van der Waals surface area contributed by atoms with E-state index >= 15 is 0 Å². The maximum Gasteiger partial charge on any atom is 0.328 e. The molecule has 92 valence electrons. The fourth-order valence-electron chi connectivity index (χ4n) is 0.985. The lowest BCUT2D eigenvalue weighted by atomic mass is 10.1. The van der Waals surface area contributed by atoms with Crippen LogP contribution in [0, 0.1) is 0 Å². The summed E-state index contributed by atoms with van der Waals surface area (Å²) in [5.74, 6) is -1.25. The van der Waals surface area contributed by atoms with Crippen LogP contribution in [0.3, 0.4) is 0 Å². The normalized spacial score (nSPS) is 12.5. The minimum absolute atomic E-state index is 0.247. The molecule has 1 amide bonds. The van der Waals surface area contributed by atoms with Gasteiger partial charge in [-0.05, 0) is 20.8 Å². The molecule has 0 aliphatic rings. The molecule has 0 rings (SSSR count). The average Bonchev–Trinajstić information content (AvgIpc) is 2.13. The average molecular weight is 231 g/mol. The fourth-order valence-corrected chi connectivity index (χ4v) is 0.985. The zero-order chi connectivity index (χ0) is 12.8. The Hall–Kier alpha value is -1.59. The van der Waals surface area contributed by atoms with Crippen LogP contribution in [0.4, 0.5) is 0 Å². The molecule has 0 radical (unpaired) electrons. The van der Waals surface area contributed by atoms with Gasteiger partial charge in [-0.3, -0.25) is 9.59 Å². The molecule has 6 heteroatoms. The van der Waals surface area contributed by atoms with Crippen LogP contribution in [0.15, 0.2) is 0 Å². The number of rotatable bonds is 5. The predicted octanol–water partition coefficient (Wildman–Crippen LogP) is 0.00580. The Kier molecular flexibility index (Phi) is 5.49. The highest BCUT2D eigenvalue weighted by molar-refractivity contribution is 5.84. The zero-order valence-electron chi connectivity index (χ0n) is 9.90. The van der Waals surface area contributed by atoms with Gasteiger partial charge in [-0.2, -0.15) is 0 Å². The number of amides is 1. The molecule has 0 aliphatic carbocycles. The van der Waals surface area contributed by atoms with Crippen LogP contribution in [0.5, 0.6) is 0 Å². The van der Waals surface area contributed by atoms with E-state index in [0.717, 1.165) is 0 Å². The molecule has 0 saturated carbocycles. The Morgan fingerprint density at radius 2 is 1.94 bits per heavy atom. The molecule has 0 spiro atoms. The monoisotopic (exact) mass is 231 g/mol. The van der Waals surface area contributed by atoms with Gasteiger partial charge >= 0.3 is 11.9 Å². The number of esters is 2. The van der Waals surface area contributed by atoms with Crippen LogP contribution in [0.2, 0.25) is 0 Å². The smallest absolute Gasteiger partial charge is 0.328 e. The minimum atomic E-state index is -1.00. The summed E-state index contributed by atoms with van der Waals surface area (Å²) in [6.45, 7) is 5.14. The molecule has 1 atom stereocenters. The van der Waals surface area contributed by atoms with Crippen LogP contribution >= 0.6 is 0 Å². The number of methoxy groups -OCH3 is 1. The fraction of sp³-hybridized carbons (Fsp3) is 0.700. The van der Waals surface area contributed by atoms with Crippen LogP contribution < -0.4 is 5.32 Å². The van der Waals surface area contributed by atoms with E-state index in [-0.39, 0.29) is 6.42 Å². The van der Waals surface area contributed by atoms with Gasteiger partial charge in [-0.15, -0.1) is 0 Å². The Morgan fingerprint density at radius 3 is 2.31 bits per heavy atom. The summed E-state index contributed by atoms with van der Waals surface area (Å²) < 4.78 is 9.43. The van der Waals surface area contributed by atoms with Crippen molar-refractivity contribution in [2.75, 3.05) is 7.11 Å². The van der Waals surface area contributed by atoms with Crippen molar-refractivity contribution in [3.8, 4) is 0 Å². The molecule has 6 nitrogen and oxygen atoms in total. The van der Waals surface area contributed by atoms with Gasteiger partial charge in [0.05, 0.1) is 13.5 Å². The highest BCUT2D eigenvalue weighted by Gasteiger charge is 2.25. The molecule has 16 heavy (non-hydrogen) atoms. The SMILES string of the molecule is COC(=O)C(CC(=O)OC(C)(C)C)NC=O. The summed E-state index contributed by atoms with van der Waals surface area (Å²) in [4.78, 5) is 32.8. The van der Waals surface area contributed by atoms with Gasteiger partial charge in [0.1, 0.15) is 11.6 Å². The van der Waals surface area contributed by atoms with E-state index in [0.29, 0.717) is 6.41 Å². The first kappa shape index (κ1) is 14.4. The molecular weight excluding hydrogens is 214 g/mol. The molecule has 1 unspecified atom stereocenters. The number of hydrogen-bond acceptors (Lipinski definition) is 5. The van der Waals surface area contributed by atoms with Gasteiger partial charge in [0.2, 0.25) is 6.41 Å². The molecule has 0 heterocycles. The molecular formula is C10H17NO5. The highest BCUT2D eigenvalue weighted by Crippen LogP contribution is 2.09. The molecule has 0 aromatic heterocycles. The summed E-state index contributed by atoms with van der Waals surface area (Å²) in [6, 6.07) is -1.00. The summed E-state index contributed by atoms with van der Waals surface area (Å²) in [6.07, 6.45) is 0.0919. The second-order valence-corrected chi connectivity index (χ2v) is 4.15. The van der Waals surface area contributed by atoms with Crippen LogP contribution in [0.25, 0.3) is 0 Å². The van der Waals surface area contributed by atoms with Gasteiger partial charge in [-0.25, -0.2) is 4.79 Å². The van der Waals surface area contributed by atoms with Crippen molar-refractivity contribution >= 4 is 18.3 Å². The van der Waals surface area contributed by atoms with Crippen molar-refractivity contribution in [1.82, 2.24) is 5.32 Å². The van der Waals surface area contributed by atoms with E-state index < -0.39 is 23.6 Å². The second kappa shape index (κ2) is 6.09. The minimum Gasteiger partial charge on any atom is -0.467 e. The van der Waals surface area contributed by atoms with Gasteiger partial charge in [0, 0.05) is 0 Å². The molecule has 0 bridgehead atoms. The van der Waals surface area contributed by atoms with Crippen molar-refractivity contribution in [3.05, 3.63) is 0 Å². The van der Waals surface area contributed by atoms with E-state index in [1.165, 1.54) is 7.11 Å². The Labute approximate surface area is 94.3 Å². The first-order valence-electron chi connectivity index (χ1n) is 4.79. The quantitative estimate of drug-likeness (QED) is 0.532. The lowest BCUT2D eigenvalue weighted by molar-refractivity contribution is -0.159. The first-order chi connectivity index (χ1) is 7.30. The van der Waals surface area contributed by atoms with E-state index in [4.69, 9.17) is 4.74 Å². The van der Waals surface area contributed by atoms with Crippen LogP contribution in [0.1, 0.15) is 27.2 Å². The van der Waals surface area contributed by atoms with Gasteiger partial charge in [-0.1, -0.05) is 0 Å². The first-order valence-corrected chi connectivity index (χ1v) is 4.79. The van der Waals surface area contributed by atoms with Crippen LogP contribution in [-0.4, -0.2) is 37.1 Å². The molecule has 0 aromatic carbocycles. The van der Waals surface area contributed by atoms with E-state index in [2.05, 4.69) is 10.1 Å². The second-order valence-electron chi connectivity index (χ2n) is 4.15. The van der Waals surface area contributed by atoms with Crippen molar-refractivity contribution in [2.45, 2.75) is 38.8 Å². The molecule has 0 aromatic rings. The van der Waals surface area contributed by atoms with Crippen molar-refractivity contribution in [2.24, 2.45) is 0 Å². The maximum atomic E-state index is 11.4. The predicted molar refractivity (Wildman–Crippen MR) is 55.5 cm³/mol. The van der Waals surface area contributed by atoms with Crippen LogP contribution in [-0.2, 0) is 23.9 Å². The zero-order valence-corrected chi connectivity index (χ0v) is 9.90. The van der Waals surface area contributed by atoms with E-state index in [1.54, 1.807) is 20.8 Å². The molecule has 0 fully saturated rings. The van der Waals surface area contributed by atoms with E-state index in [9.17, 15) is 14.4 Å². The van der Waals surface area contributed by atoms with E-state index in [1.807, 2.05) is 0 Å². The summed E-state index contributed by atoms with van der Waals surface area (Å²) in [5, 5.41) is 2.19. The topological polar surface area (TPSA) is 81.7 Å². The third-order valence-corrected chi connectivity index (χ3v) is 1.55. The largest absolute Gasteiger partial charge is 0.467 e. The van der Waals surface area contributed by atoms with Crippen molar-refractivity contribution in [1.29, 1.82) is 0 Å². The third-order valence-electron chi connectivity index (χ3n) is 1.55. The third kappa shape index (κ3) is 6.00. The standard InChI is InChI=1S/C10H17NO5/c1-10(2,3)16-8(13)5-7(11-6-12)9(14)15-4/h6-7H,5H2,1-4H3,(H,11,12). The molecule has 1 N–H and O–H groups in total. The number of carbonyl (C=O) groups is 3.